The van der Waals surface area contributed by atoms with Crippen LogP contribution in [0.5, 0.6) is 0 Å². The Balaban J connectivity index is 2.51. The van der Waals surface area contributed by atoms with E-state index in [1.54, 1.807) is 12.1 Å². The summed E-state index contributed by atoms with van der Waals surface area (Å²) in [6, 6.07) is 10.1. The van der Waals surface area contributed by atoms with Crippen LogP contribution in [0.1, 0.15) is 0 Å². The molecule has 82 valence electrons. The van der Waals surface area contributed by atoms with Crippen LogP contribution in [0.4, 0.5) is 0 Å². The van der Waals surface area contributed by atoms with Crippen LogP contribution < -0.4 is 5.43 Å². The van der Waals surface area contributed by atoms with Gasteiger partial charge in [-0.05, 0) is 30.5 Å². The van der Waals surface area contributed by atoms with Crippen molar-refractivity contribution in [3.8, 4) is 11.3 Å². The molecule has 0 fully saturated rings. The van der Waals surface area contributed by atoms with Crippen molar-refractivity contribution in [2.75, 3.05) is 6.26 Å². The second kappa shape index (κ2) is 4.76. The molecule has 0 atom stereocenters. The Morgan fingerprint density at radius 3 is 2.50 bits per heavy atom. The summed E-state index contributed by atoms with van der Waals surface area (Å²) < 4.78 is 5.55. The first-order valence-corrected chi connectivity index (χ1v) is 6.24. The second-order valence-electron chi connectivity index (χ2n) is 3.19. The zero-order valence-corrected chi connectivity index (χ0v) is 10.1. The van der Waals surface area contributed by atoms with Gasteiger partial charge in [0.05, 0.1) is 0 Å². The van der Waals surface area contributed by atoms with Crippen LogP contribution in [-0.2, 0) is 0 Å². The molecule has 0 unspecified atom stereocenters. The van der Waals surface area contributed by atoms with Crippen LogP contribution >= 0.6 is 23.4 Å². The van der Waals surface area contributed by atoms with Gasteiger partial charge < -0.3 is 4.42 Å². The zero-order chi connectivity index (χ0) is 11.5. The van der Waals surface area contributed by atoms with Crippen molar-refractivity contribution in [1.82, 2.24) is 0 Å². The third-order valence-electron chi connectivity index (χ3n) is 2.07. The first kappa shape index (κ1) is 11.3. The number of benzene rings is 1. The normalized spacial score (nSPS) is 10.4. The Hall–Kier alpha value is -1.19. The van der Waals surface area contributed by atoms with Crippen LogP contribution in [0.25, 0.3) is 11.3 Å². The van der Waals surface area contributed by atoms with Gasteiger partial charge in [-0.25, -0.2) is 0 Å². The van der Waals surface area contributed by atoms with E-state index in [9.17, 15) is 4.79 Å². The van der Waals surface area contributed by atoms with Crippen molar-refractivity contribution >= 4 is 23.4 Å². The highest BCUT2D eigenvalue weighted by molar-refractivity contribution is 7.98. The Bertz CT molecular complexity index is 546. The van der Waals surface area contributed by atoms with Gasteiger partial charge in [0.2, 0.25) is 0 Å². The Kier molecular flexibility index (Phi) is 3.36. The molecule has 0 saturated carbocycles. The number of hydrogen-bond acceptors (Lipinski definition) is 3. The summed E-state index contributed by atoms with van der Waals surface area (Å²) in [5, 5.41) is 1.27. The molecule has 0 bridgehead atoms. The summed E-state index contributed by atoms with van der Waals surface area (Å²) in [5.74, 6) is 0.563. The van der Waals surface area contributed by atoms with Crippen molar-refractivity contribution in [3.63, 3.8) is 0 Å². The maximum atomic E-state index is 11.4. The van der Waals surface area contributed by atoms with E-state index in [1.807, 2.05) is 18.4 Å². The van der Waals surface area contributed by atoms with Gasteiger partial charge in [-0.2, -0.15) is 0 Å². The molecule has 0 aliphatic heterocycles. The third-order valence-corrected chi connectivity index (χ3v) is 2.93. The lowest BCUT2D eigenvalue weighted by molar-refractivity contribution is 0.468. The van der Waals surface area contributed by atoms with Gasteiger partial charge in [-0.3, -0.25) is 4.79 Å². The number of rotatable bonds is 2. The molecule has 0 N–H and O–H groups in total. The SMILES string of the molecule is CSc1cc(=O)cc(-c2ccc(Cl)cc2)o1. The van der Waals surface area contributed by atoms with Crippen molar-refractivity contribution in [3.05, 3.63) is 51.6 Å². The Morgan fingerprint density at radius 2 is 1.88 bits per heavy atom. The molecule has 0 saturated heterocycles. The minimum atomic E-state index is -0.0550. The van der Waals surface area contributed by atoms with Gasteiger partial charge in [-0.15, -0.1) is 0 Å². The minimum Gasteiger partial charge on any atom is -0.450 e. The topological polar surface area (TPSA) is 30.2 Å². The summed E-state index contributed by atoms with van der Waals surface area (Å²) in [4.78, 5) is 11.4. The maximum Gasteiger partial charge on any atom is 0.186 e. The zero-order valence-electron chi connectivity index (χ0n) is 8.57. The molecule has 2 aromatic rings. The van der Waals surface area contributed by atoms with Gasteiger partial charge in [0.25, 0.3) is 0 Å². The molecule has 16 heavy (non-hydrogen) atoms. The van der Waals surface area contributed by atoms with Crippen LogP contribution in [0.3, 0.4) is 0 Å². The predicted molar refractivity (Wildman–Crippen MR) is 67.2 cm³/mol. The van der Waals surface area contributed by atoms with E-state index in [1.165, 1.54) is 23.9 Å². The van der Waals surface area contributed by atoms with Gasteiger partial charge in [0.1, 0.15) is 5.76 Å². The molecule has 0 spiro atoms. The highest BCUT2D eigenvalue weighted by atomic mass is 35.5. The lowest BCUT2D eigenvalue weighted by atomic mass is 10.1. The standard InChI is InChI=1S/C12H9ClO2S/c1-16-12-7-10(14)6-11(15-12)8-2-4-9(13)5-3-8/h2-7H,1H3. The highest BCUT2D eigenvalue weighted by Gasteiger charge is 2.04. The number of halogens is 1. The molecule has 0 amide bonds. The Labute approximate surface area is 102 Å². The fourth-order valence-corrected chi connectivity index (χ4v) is 1.84. The third kappa shape index (κ3) is 2.49. The molecule has 0 aliphatic rings. The first-order valence-electron chi connectivity index (χ1n) is 4.64. The van der Waals surface area contributed by atoms with E-state index in [0.29, 0.717) is 15.9 Å². The van der Waals surface area contributed by atoms with Gasteiger partial charge in [0.15, 0.2) is 10.5 Å². The molecular formula is C12H9ClO2S. The fraction of sp³-hybridized carbons (Fsp3) is 0.0833. The quantitative estimate of drug-likeness (QED) is 0.764. The molecule has 4 heteroatoms. The van der Waals surface area contributed by atoms with Crippen LogP contribution in [0.15, 0.2) is 50.7 Å². The van der Waals surface area contributed by atoms with E-state index in [4.69, 9.17) is 16.0 Å². The summed E-state index contributed by atoms with van der Waals surface area (Å²) in [6.45, 7) is 0. The molecule has 1 aromatic carbocycles. The van der Waals surface area contributed by atoms with Crippen LogP contribution in [-0.4, -0.2) is 6.26 Å². The molecule has 1 aromatic heterocycles. The van der Waals surface area contributed by atoms with Crippen molar-refractivity contribution in [2.45, 2.75) is 5.09 Å². The smallest absolute Gasteiger partial charge is 0.186 e. The largest absolute Gasteiger partial charge is 0.450 e. The fourth-order valence-electron chi connectivity index (χ4n) is 1.31. The van der Waals surface area contributed by atoms with E-state index in [2.05, 4.69) is 0 Å². The van der Waals surface area contributed by atoms with Gasteiger partial charge in [-0.1, -0.05) is 23.4 Å². The van der Waals surface area contributed by atoms with E-state index >= 15 is 0 Å². The van der Waals surface area contributed by atoms with Crippen molar-refractivity contribution in [2.24, 2.45) is 0 Å². The summed E-state index contributed by atoms with van der Waals surface area (Å²) in [6.07, 6.45) is 1.86. The average Bonchev–Trinajstić information content (AvgIpc) is 2.29. The highest BCUT2D eigenvalue weighted by Crippen LogP contribution is 2.23. The minimum absolute atomic E-state index is 0.0550. The monoisotopic (exact) mass is 252 g/mol. The average molecular weight is 253 g/mol. The van der Waals surface area contributed by atoms with E-state index in [0.717, 1.165) is 5.56 Å². The van der Waals surface area contributed by atoms with Crippen LogP contribution in [0.2, 0.25) is 5.02 Å². The number of thioether (sulfide) groups is 1. The lowest BCUT2D eigenvalue weighted by Crippen LogP contribution is -1.97. The van der Waals surface area contributed by atoms with Crippen LogP contribution in [0, 0.1) is 0 Å². The molecule has 0 radical (unpaired) electrons. The molecule has 2 nitrogen and oxygen atoms in total. The molecule has 2 rings (SSSR count). The van der Waals surface area contributed by atoms with E-state index < -0.39 is 0 Å². The lowest BCUT2D eigenvalue weighted by Gasteiger charge is -2.02. The summed E-state index contributed by atoms with van der Waals surface area (Å²) in [7, 11) is 0. The predicted octanol–water partition coefficient (Wildman–Crippen LogP) is 3.68. The van der Waals surface area contributed by atoms with Gasteiger partial charge in [0, 0.05) is 22.7 Å². The summed E-state index contributed by atoms with van der Waals surface area (Å²) >= 11 is 7.19. The van der Waals surface area contributed by atoms with Crippen molar-refractivity contribution in [1.29, 1.82) is 0 Å². The van der Waals surface area contributed by atoms with Gasteiger partial charge >= 0.3 is 0 Å². The second-order valence-corrected chi connectivity index (χ2v) is 4.43. The van der Waals surface area contributed by atoms with E-state index in [-0.39, 0.29) is 5.43 Å². The van der Waals surface area contributed by atoms with Crippen molar-refractivity contribution < 1.29 is 4.42 Å². The summed E-state index contributed by atoms with van der Waals surface area (Å²) in [5.41, 5.74) is 0.790. The molecule has 1 heterocycles. The first-order chi connectivity index (χ1) is 7.69. The molecular weight excluding hydrogens is 244 g/mol. The number of hydrogen-bond donors (Lipinski definition) is 0. The Morgan fingerprint density at radius 1 is 1.19 bits per heavy atom. The maximum absolute atomic E-state index is 11.4. The molecule has 0 aliphatic carbocycles.